The SMILES string of the molecule is Cc1cccc(C(=O)Nc2ccc3c(c2)C(=O)C(=O)N3Cc2ccc(Cl)c(Cl)c2)c1. The number of hydrogen-bond donors (Lipinski definition) is 1. The molecule has 4 rings (SSSR count). The zero-order valence-corrected chi connectivity index (χ0v) is 17.4. The van der Waals surface area contributed by atoms with Crippen LogP contribution in [0.25, 0.3) is 0 Å². The molecule has 150 valence electrons. The van der Waals surface area contributed by atoms with Crippen LogP contribution in [0.15, 0.2) is 60.7 Å². The Balaban J connectivity index is 1.59. The Kier molecular flexibility index (Phi) is 5.33. The average Bonchev–Trinajstić information content (AvgIpc) is 2.95. The molecule has 7 heteroatoms. The number of fused-ring (bicyclic) bond motifs is 1. The van der Waals surface area contributed by atoms with E-state index in [1.54, 1.807) is 48.5 Å². The summed E-state index contributed by atoms with van der Waals surface area (Å²) in [5.41, 5.74) is 3.41. The molecule has 1 aliphatic rings. The number of amides is 2. The number of anilines is 2. The fourth-order valence-electron chi connectivity index (χ4n) is 3.35. The summed E-state index contributed by atoms with van der Waals surface area (Å²) >= 11 is 12.0. The van der Waals surface area contributed by atoms with E-state index in [0.717, 1.165) is 11.1 Å². The van der Waals surface area contributed by atoms with Gasteiger partial charge in [-0.05, 0) is 55.0 Å². The van der Waals surface area contributed by atoms with Crippen molar-refractivity contribution in [2.45, 2.75) is 13.5 Å². The maximum Gasteiger partial charge on any atom is 0.299 e. The molecule has 1 heterocycles. The van der Waals surface area contributed by atoms with E-state index in [1.807, 2.05) is 13.0 Å². The monoisotopic (exact) mass is 438 g/mol. The van der Waals surface area contributed by atoms with Crippen LogP contribution in [0.4, 0.5) is 11.4 Å². The minimum atomic E-state index is -0.627. The van der Waals surface area contributed by atoms with E-state index >= 15 is 0 Å². The fraction of sp³-hybridized carbons (Fsp3) is 0.0870. The highest BCUT2D eigenvalue weighted by atomic mass is 35.5. The van der Waals surface area contributed by atoms with Crippen LogP contribution in [0.2, 0.25) is 10.0 Å². The first kappa shape index (κ1) is 20.1. The van der Waals surface area contributed by atoms with E-state index in [2.05, 4.69) is 5.32 Å². The Morgan fingerprint density at radius 3 is 2.50 bits per heavy atom. The van der Waals surface area contributed by atoms with Gasteiger partial charge in [-0.1, -0.05) is 47.0 Å². The fourth-order valence-corrected chi connectivity index (χ4v) is 3.67. The Morgan fingerprint density at radius 2 is 1.77 bits per heavy atom. The van der Waals surface area contributed by atoms with Crippen molar-refractivity contribution >= 4 is 52.2 Å². The van der Waals surface area contributed by atoms with Gasteiger partial charge >= 0.3 is 0 Å². The minimum absolute atomic E-state index is 0.184. The predicted octanol–water partition coefficient (Wildman–Crippen LogP) is 5.28. The number of hydrogen-bond acceptors (Lipinski definition) is 3. The van der Waals surface area contributed by atoms with Gasteiger partial charge in [-0.2, -0.15) is 0 Å². The molecular formula is C23H16Cl2N2O3. The first-order valence-corrected chi connectivity index (χ1v) is 9.91. The predicted molar refractivity (Wildman–Crippen MR) is 118 cm³/mol. The van der Waals surface area contributed by atoms with Crippen LogP contribution in [-0.2, 0) is 11.3 Å². The summed E-state index contributed by atoms with van der Waals surface area (Å²) in [6.07, 6.45) is 0. The van der Waals surface area contributed by atoms with E-state index in [0.29, 0.717) is 27.0 Å². The van der Waals surface area contributed by atoms with Gasteiger partial charge in [-0.15, -0.1) is 0 Å². The number of ketones is 1. The maximum atomic E-state index is 12.5. The molecule has 1 aliphatic heterocycles. The largest absolute Gasteiger partial charge is 0.322 e. The third-order valence-electron chi connectivity index (χ3n) is 4.83. The van der Waals surface area contributed by atoms with E-state index in [4.69, 9.17) is 23.2 Å². The molecule has 30 heavy (non-hydrogen) atoms. The summed E-state index contributed by atoms with van der Waals surface area (Å²) in [6, 6.07) is 17.1. The maximum absolute atomic E-state index is 12.5. The lowest BCUT2D eigenvalue weighted by molar-refractivity contribution is -0.114. The van der Waals surface area contributed by atoms with Crippen molar-refractivity contribution < 1.29 is 14.4 Å². The van der Waals surface area contributed by atoms with Crippen molar-refractivity contribution in [2.24, 2.45) is 0 Å². The summed E-state index contributed by atoms with van der Waals surface area (Å²) < 4.78 is 0. The number of aryl methyl sites for hydroxylation is 1. The number of Topliss-reactive ketones (excluding diaryl/α,β-unsaturated/α-hetero) is 1. The number of nitrogens with zero attached hydrogens (tertiary/aromatic N) is 1. The molecule has 0 aromatic heterocycles. The molecule has 0 fully saturated rings. The average molecular weight is 439 g/mol. The number of benzene rings is 3. The molecule has 0 atom stereocenters. The summed E-state index contributed by atoms with van der Waals surface area (Å²) in [7, 11) is 0. The molecule has 5 nitrogen and oxygen atoms in total. The normalized spacial score (nSPS) is 12.8. The molecule has 3 aromatic carbocycles. The molecule has 3 aromatic rings. The van der Waals surface area contributed by atoms with E-state index < -0.39 is 11.7 Å². The molecule has 1 N–H and O–H groups in total. The van der Waals surface area contributed by atoms with Gasteiger partial charge in [-0.3, -0.25) is 14.4 Å². The van der Waals surface area contributed by atoms with Crippen molar-refractivity contribution in [3.8, 4) is 0 Å². The summed E-state index contributed by atoms with van der Waals surface area (Å²) in [4.78, 5) is 38.9. The Morgan fingerprint density at radius 1 is 0.967 bits per heavy atom. The van der Waals surface area contributed by atoms with Gasteiger partial charge in [0, 0.05) is 11.3 Å². The second-order valence-electron chi connectivity index (χ2n) is 7.02. The Labute approximate surface area is 183 Å². The standard InChI is InChI=1S/C23H16Cl2N2O3/c1-13-3-2-4-15(9-13)22(29)26-16-6-8-20-17(11-16)21(28)23(30)27(20)12-14-5-7-18(24)19(25)10-14/h2-11H,12H2,1H3,(H,26,29). The van der Waals surface area contributed by atoms with Crippen LogP contribution in [0, 0.1) is 6.92 Å². The van der Waals surface area contributed by atoms with E-state index in [9.17, 15) is 14.4 Å². The lowest BCUT2D eigenvalue weighted by Gasteiger charge is -2.17. The van der Waals surface area contributed by atoms with Gasteiger partial charge in [0.25, 0.3) is 17.6 Å². The number of halogens is 2. The van der Waals surface area contributed by atoms with Crippen LogP contribution in [0.3, 0.4) is 0 Å². The van der Waals surface area contributed by atoms with Crippen molar-refractivity contribution in [3.63, 3.8) is 0 Å². The van der Waals surface area contributed by atoms with Crippen LogP contribution in [0.5, 0.6) is 0 Å². The minimum Gasteiger partial charge on any atom is -0.322 e. The highest BCUT2D eigenvalue weighted by Gasteiger charge is 2.36. The summed E-state index contributed by atoms with van der Waals surface area (Å²) in [6.45, 7) is 2.09. The van der Waals surface area contributed by atoms with Crippen LogP contribution >= 0.6 is 23.2 Å². The van der Waals surface area contributed by atoms with Gasteiger partial charge in [0.1, 0.15) is 0 Å². The number of carbonyl (C=O) groups excluding carboxylic acids is 3. The van der Waals surface area contributed by atoms with Crippen molar-refractivity contribution in [3.05, 3.63) is 93.0 Å². The molecular weight excluding hydrogens is 423 g/mol. The highest BCUT2D eigenvalue weighted by Crippen LogP contribution is 2.33. The van der Waals surface area contributed by atoms with Crippen molar-refractivity contribution in [1.29, 1.82) is 0 Å². The van der Waals surface area contributed by atoms with Gasteiger partial charge in [0.15, 0.2) is 0 Å². The number of rotatable bonds is 4. The molecule has 0 radical (unpaired) electrons. The Bertz CT molecular complexity index is 1210. The molecule has 0 saturated heterocycles. The molecule has 0 saturated carbocycles. The summed E-state index contributed by atoms with van der Waals surface area (Å²) in [5, 5.41) is 3.57. The van der Waals surface area contributed by atoms with Gasteiger partial charge in [0.05, 0.1) is 27.8 Å². The molecule has 0 spiro atoms. The molecule has 2 amide bonds. The zero-order valence-electron chi connectivity index (χ0n) is 15.9. The first-order chi connectivity index (χ1) is 14.3. The van der Waals surface area contributed by atoms with E-state index in [1.165, 1.54) is 11.0 Å². The number of nitrogens with one attached hydrogen (secondary N) is 1. The third-order valence-corrected chi connectivity index (χ3v) is 5.57. The lowest BCUT2D eigenvalue weighted by atomic mass is 10.1. The molecule has 0 unspecified atom stereocenters. The van der Waals surface area contributed by atoms with Crippen molar-refractivity contribution in [1.82, 2.24) is 0 Å². The first-order valence-electron chi connectivity index (χ1n) is 9.15. The topological polar surface area (TPSA) is 66.5 Å². The van der Waals surface area contributed by atoms with Crippen LogP contribution in [0.1, 0.15) is 31.8 Å². The highest BCUT2D eigenvalue weighted by molar-refractivity contribution is 6.52. The zero-order chi connectivity index (χ0) is 21.4. The van der Waals surface area contributed by atoms with Gasteiger partial charge in [-0.25, -0.2) is 0 Å². The van der Waals surface area contributed by atoms with E-state index in [-0.39, 0.29) is 18.0 Å². The second-order valence-corrected chi connectivity index (χ2v) is 7.84. The van der Waals surface area contributed by atoms with Crippen LogP contribution in [-0.4, -0.2) is 17.6 Å². The molecule has 0 bridgehead atoms. The molecule has 0 aliphatic carbocycles. The Hall–Kier alpha value is -3.15. The van der Waals surface area contributed by atoms with Crippen LogP contribution < -0.4 is 10.2 Å². The van der Waals surface area contributed by atoms with Gasteiger partial charge < -0.3 is 10.2 Å². The summed E-state index contributed by atoms with van der Waals surface area (Å²) in [5.74, 6) is -1.53. The smallest absolute Gasteiger partial charge is 0.299 e. The quantitative estimate of drug-likeness (QED) is 0.563. The number of carbonyl (C=O) groups is 3. The van der Waals surface area contributed by atoms with Crippen molar-refractivity contribution in [2.75, 3.05) is 10.2 Å². The lowest BCUT2D eigenvalue weighted by Crippen LogP contribution is -2.29. The van der Waals surface area contributed by atoms with Gasteiger partial charge in [0.2, 0.25) is 0 Å². The third kappa shape index (κ3) is 3.82. The second kappa shape index (κ2) is 7.94.